The van der Waals surface area contributed by atoms with Gasteiger partial charge in [0, 0.05) is 39.8 Å². The van der Waals surface area contributed by atoms with E-state index in [4.69, 9.17) is 0 Å². The summed E-state index contributed by atoms with van der Waals surface area (Å²) < 4.78 is 0. The van der Waals surface area contributed by atoms with Crippen molar-refractivity contribution < 1.29 is 4.79 Å². The number of hydrogen-bond donors (Lipinski definition) is 0. The van der Waals surface area contributed by atoms with Crippen molar-refractivity contribution in [2.75, 3.05) is 46.8 Å². The fourth-order valence-corrected chi connectivity index (χ4v) is 3.01. The number of nitrogens with zero attached hydrogens (tertiary/aromatic N) is 3. The highest BCUT2D eigenvalue weighted by Crippen LogP contribution is 2.22. The van der Waals surface area contributed by atoms with Crippen LogP contribution >= 0.6 is 0 Å². The van der Waals surface area contributed by atoms with Crippen molar-refractivity contribution in [3.63, 3.8) is 0 Å². The lowest BCUT2D eigenvalue weighted by atomic mass is 10.0. The minimum atomic E-state index is 0.195. The van der Waals surface area contributed by atoms with Crippen molar-refractivity contribution in [2.45, 2.75) is 26.3 Å². The molecule has 0 radical (unpaired) electrons. The van der Waals surface area contributed by atoms with Gasteiger partial charge in [0.1, 0.15) is 0 Å². The van der Waals surface area contributed by atoms with Crippen LogP contribution in [0.3, 0.4) is 0 Å². The molecule has 4 nitrogen and oxygen atoms in total. The Morgan fingerprint density at radius 2 is 2.00 bits per heavy atom. The van der Waals surface area contributed by atoms with Crippen LogP contribution in [0.2, 0.25) is 0 Å². The summed E-state index contributed by atoms with van der Waals surface area (Å²) in [4.78, 5) is 18.4. The molecule has 122 valence electrons. The molecular formula is C18H29N3O. The lowest BCUT2D eigenvalue weighted by Crippen LogP contribution is -2.39. The lowest BCUT2D eigenvalue weighted by Gasteiger charge is -2.28. The zero-order valence-corrected chi connectivity index (χ0v) is 14.4. The summed E-state index contributed by atoms with van der Waals surface area (Å²) in [5.74, 6) is 0.195. The standard InChI is InChI=1S/C18H29N3O/c1-15-7-5-8-17(13-15)16(2)21-10-6-9-20(11-12-21)14-18(22)19(3)4/h5,7-8,13,16H,6,9-12,14H2,1-4H3/t16-/m1/s1. The second-order valence-corrected chi connectivity index (χ2v) is 6.54. The van der Waals surface area contributed by atoms with Crippen LogP contribution in [0, 0.1) is 6.92 Å². The fourth-order valence-electron chi connectivity index (χ4n) is 3.01. The summed E-state index contributed by atoms with van der Waals surface area (Å²) in [5, 5.41) is 0. The molecule has 0 aliphatic carbocycles. The van der Waals surface area contributed by atoms with Crippen molar-refractivity contribution in [3.8, 4) is 0 Å². The predicted molar refractivity (Wildman–Crippen MR) is 90.9 cm³/mol. The Hall–Kier alpha value is -1.39. The number of amides is 1. The summed E-state index contributed by atoms with van der Waals surface area (Å²) in [5.41, 5.74) is 2.70. The van der Waals surface area contributed by atoms with Crippen LogP contribution in [0.15, 0.2) is 24.3 Å². The van der Waals surface area contributed by atoms with Crippen LogP contribution in [0.1, 0.15) is 30.5 Å². The van der Waals surface area contributed by atoms with E-state index in [1.54, 1.807) is 4.90 Å². The second-order valence-electron chi connectivity index (χ2n) is 6.54. The van der Waals surface area contributed by atoms with Gasteiger partial charge in [-0.1, -0.05) is 29.8 Å². The van der Waals surface area contributed by atoms with E-state index in [-0.39, 0.29) is 5.91 Å². The van der Waals surface area contributed by atoms with Crippen LogP contribution in [-0.4, -0.2) is 67.4 Å². The van der Waals surface area contributed by atoms with Crippen LogP contribution in [0.4, 0.5) is 0 Å². The van der Waals surface area contributed by atoms with Crippen molar-refractivity contribution in [2.24, 2.45) is 0 Å². The summed E-state index contributed by atoms with van der Waals surface area (Å²) >= 11 is 0. The van der Waals surface area contributed by atoms with E-state index >= 15 is 0 Å². The Balaban J connectivity index is 1.93. The Kier molecular flexibility index (Phi) is 5.98. The Morgan fingerprint density at radius 1 is 1.23 bits per heavy atom. The molecule has 1 heterocycles. The average molecular weight is 303 g/mol. The molecule has 1 aliphatic heterocycles. The van der Waals surface area contributed by atoms with Gasteiger partial charge in [-0.2, -0.15) is 0 Å². The van der Waals surface area contributed by atoms with E-state index in [9.17, 15) is 4.79 Å². The number of rotatable bonds is 4. The van der Waals surface area contributed by atoms with Gasteiger partial charge in [-0.3, -0.25) is 14.6 Å². The molecule has 1 fully saturated rings. The molecule has 1 saturated heterocycles. The number of likely N-dealkylation sites (N-methyl/N-ethyl adjacent to an activating group) is 1. The first-order chi connectivity index (χ1) is 10.5. The fraction of sp³-hybridized carbons (Fsp3) is 0.611. The molecular weight excluding hydrogens is 274 g/mol. The van der Waals surface area contributed by atoms with Gasteiger partial charge in [0.25, 0.3) is 0 Å². The first kappa shape index (κ1) is 17.0. The SMILES string of the molecule is Cc1cccc([C@@H](C)N2CCCN(CC(=O)N(C)C)CC2)c1. The maximum atomic E-state index is 11.9. The quantitative estimate of drug-likeness (QED) is 0.853. The molecule has 0 N–H and O–H groups in total. The molecule has 4 heteroatoms. The van der Waals surface area contributed by atoms with E-state index < -0.39 is 0 Å². The maximum Gasteiger partial charge on any atom is 0.236 e. The van der Waals surface area contributed by atoms with Crippen molar-refractivity contribution in [1.29, 1.82) is 0 Å². The van der Waals surface area contributed by atoms with E-state index in [0.717, 1.165) is 32.6 Å². The Bertz CT molecular complexity index is 501. The van der Waals surface area contributed by atoms with Gasteiger partial charge < -0.3 is 4.90 Å². The number of carbonyl (C=O) groups is 1. The van der Waals surface area contributed by atoms with Gasteiger partial charge in [0.2, 0.25) is 5.91 Å². The largest absolute Gasteiger partial charge is 0.348 e. The zero-order valence-electron chi connectivity index (χ0n) is 14.4. The molecule has 0 spiro atoms. The minimum absolute atomic E-state index is 0.195. The molecule has 1 aromatic carbocycles. The molecule has 2 rings (SSSR count). The van der Waals surface area contributed by atoms with Crippen molar-refractivity contribution in [3.05, 3.63) is 35.4 Å². The smallest absolute Gasteiger partial charge is 0.236 e. The minimum Gasteiger partial charge on any atom is -0.348 e. The third-order valence-corrected chi connectivity index (χ3v) is 4.55. The number of carbonyl (C=O) groups excluding carboxylic acids is 1. The third-order valence-electron chi connectivity index (χ3n) is 4.55. The van der Waals surface area contributed by atoms with Crippen LogP contribution in [-0.2, 0) is 4.79 Å². The van der Waals surface area contributed by atoms with E-state index in [2.05, 4.69) is 47.9 Å². The third kappa shape index (κ3) is 4.55. The maximum absolute atomic E-state index is 11.9. The highest BCUT2D eigenvalue weighted by Gasteiger charge is 2.21. The van der Waals surface area contributed by atoms with E-state index in [0.29, 0.717) is 12.6 Å². The molecule has 1 aliphatic rings. The first-order valence-electron chi connectivity index (χ1n) is 8.20. The van der Waals surface area contributed by atoms with E-state index in [1.165, 1.54) is 11.1 Å². The molecule has 0 bridgehead atoms. The van der Waals surface area contributed by atoms with Gasteiger partial charge >= 0.3 is 0 Å². The molecule has 1 atom stereocenters. The Labute approximate surface area is 134 Å². The number of benzene rings is 1. The molecule has 1 amide bonds. The van der Waals surface area contributed by atoms with Gasteiger partial charge in [-0.15, -0.1) is 0 Å². The molecule has 0 saturated carbocycles. The van der Waals surface area contributed by atoms with Gasteiger partial charge in [0.05, 0.1) is 6.54 Å². The van der Waals surface area contributed by atoms with Crippen molar-refractivity contribution >= 4 is 5.91 Å². The second kappa shape index (κ2) is 7.75. The highest BCUT2D eigenvalue weighted by atomic mass is 16.2. The lowest BCUT2D eigenvalue weighted by molar-refractivity contribution is -0.129. The van der Waals surface area contributed by atoms with Gasteiger partial charge in [-0.25, -0.2) is 0 Å². The first-order valence-corrected chi connectivity index (χ1v) is 8.20. The van der Waals surface area contributed by atoms with Gasteiger partial charge in [0.15, 0.2) is 0 Å². The van der Waals surface area contributed by atoms with Crippen LogP contribution < -0.4 is 0 Å². The molecule has 0 unspecified atom stereocenters. The molecule has 22 heavy (non-hydrogen) atoms. The highest BCUT2D eigenvalue weighted by molar-refractivity contribution is 5.77. The molecule has 1 aromatic rings. The summed E-state index contributed by atoms with van der Waals surface area (Å²) in [6, 6.07) is 9.22. The average Bonchev–Trinajstić information content (AvgIpc) is 2.72. The predicted octanol–water partition coefficient (Wildman–Crippen LogP) is 2.15. The van der Waals surface area contributed by atoms with Crippen LogP contribution in [0.25, 0.3) is 0 Å². The summed E-state index contributed by atoms with van der Waals surface area (Å²) in [7, 11) is 3.65. The summed E-state index contributed by atoms with van der Waals surface area (Å²) in [6.45, 7) is 9.08. The topological polar surface area (TPSA) is 26.8 Å². The normalized spacial score (nSPS) is 18.7. The number of aryl methyl sites for hydroxylation is 1. The number of hydrogen-bond acceptors (Lipinski definition) is 3. The zero-order chi connectivity index (χ0) is 16.1. The monoisotopic (exact) mass is 303 g/mol. The van der Waals surface area contributed by atoms with Crippen LogP contribution in [0.5, 0.6) is 0 Å². The van der Waals surface area contributed by atoms with Crippen molar-refractivity contribution in [1.82, 2.24) is 14.7 Å². The Morgan fingerprint density at radius 3 is 2.68 bits per heavy atom. The van der Waals surface area contributed by atoms with E-state index in [1.807, 2.05) is 14.1 Å². The van der Waals surface area contributed by atoms with Gasteiger partial charge in [-0.05, 0) is 32.4 Å². The summed E-state index contributed by atoms with van der Waals surface area (Å²) in [6.07, 6.45) is 1.12. The molecule has 0 aromatic heterocycles.